The number of carbonyl (C=O) groups excluding carboxylic acids is 1. The maximum absolute atomic E-state index is 11.4. The van der Waals surface area contributed by atoms with Crippen LogP contribution in [0.4, 0.5) is 0 Å². The van der Waals surface area contributed by atoms with E-state index in [9.17, 15) is 4.79 Å². The quantitative estimate of drug-likeness (QED) is 0.813. The molecule has 0 radical (unpaired) electrons. The van der Waals surface area contributed by atoms with Crippen molar-refractivity contribution < 1.29 is 9.53 Å². The van der Waals surface area contributed by atoms with Crippen LogP contribution in [0.1, 0.15) is 44.2 Å². The van der Waals surface area contributed by atoms with Crippen molar-refractivity contribution in [3.05, 3.63) is 23.8 Å². The number of rotatable bonds is 6. The minimum absolute atomic E-state index is 0.0220. The molecule has 1 amide bonds. The molecule has 0 aliphatic rings. The van der Waals surface area contributed by atoms with Crippen LogP contribution in [-0.4, -0.2) is 22.0 Å². The van der Waals surface area contributed by atoms with Gasteiger partial charge in [-0.3, -0.25) is 4.79 Å². The molecule has 0 aliphatic heterocycles. The zero-order valence-electron chi connectivity index (χ0n) is 10.5. The summed E-state index contributed by atoms with van der Waals surface area (Å²) in [4.78, 5) is 19.5. The summed E-state index contributed by atoms with van der Waals surface area (Å²) in [5.41, 5.74) is 5.95. The van der Waals surface area contributed by atoms with Crippen LogP contribution in [0.2, 0.25) is 0 Å². The lowest BCUT2D eigenvalue weighted by Crippen LogP contribution is -2.28. The number of primary amides is 1. The second kappa shape index (κ2) is 6.30. The third-order valence-electron chi connectivity index (χ3n) is 2.60. The van der Waals surface area contributed by atoms with Crippen LogP contribution >= 0.6 is 0 Å². The van der Waals surface area contributed by atoms with Crippen molar-refractivity contribution >= 4 is 5.91 Å². The zero-order chi connectivity index (χ0) is 12.8. The van der Waals surface area contributed by atoms with Crippen LogP contribution in [0.25, 0.3) is 0 Å². The molecule has 0 fully saturated rings. The maximum atomic E-state index is 11.4. The zero-order valence-corrected chi connectivity index (χ0v) is 10.5. The van der Waals surface area contributed by atoms with Gasteiger partial charge in [0.2, 0.25) is 0 Å². The Morgan fingerprint density at radius 2 is 1.88 bits per heavy atom. The first kappa shape index (κ1) is 13.6. The number of nitrogens with two attached hydrogens (primary N) is 1. The summed E-state index contributed by atoms with van der Waals surface area (Å²) in [5, 5.41) is 0. The molecule has 0 spiro atoms. The lowest BCUT2D eigenvalue weighted by Gasteiger charge is -2.20. The average molecular weight is 237 g/mol. The maximum Gasteiger partial charge on any atom is 0.251 e. The van der Waals surface area contributed by atoms with Gasteiger partial charge in [-0.15, -0.1) is 0 Å². The van der Waals surface area contributed by atoms with Crippen LogP contribution in [0, 0.1) is 6.92 Å². The van der Waals surface area contributed by atoms with Gasteiger partial charge in [-0.05, 0) is 19.8 Å². The molecule has 5 nitrogen and oxygen atoms in total. The van der Waals surface area contributed by atoms with Crippen molar-refractivity contribution in [3.8, 4) is 0 Å². The van der Waals surface area contributed by atoms with Gasteiger partial charge in [0.05, 0.1) is 6.10 Å². The van der Waals surface area contributed by atoms with Gasteiger partial charge >= 0.3 is 0 Å². The fraction of sp³-hybridized carbons (Fsp3) is 0.583. The van der Waals surface area contributed by atoms with E-state index in [-0.39, 0.29) is 6.10 Å². The predicted octanol–water partition coefficient (Wildman–Crippen LogP) is 1.52. The van der Waals surface area contributed by atoms with E-state index in [1.165, 1.54) is 0 Å². The van der Waals surface area contributed by atoms with Crippen LogP contribution in [0.5, 0.6) is 0 Å². The molecule has 17 heavy (non-hydrogen) atoms. The molecule has 0 aromatic carbocycles. The minimum atomic E-state index is -0.763. The Labute approximate surface area is 101 Å². The number of hydrogen-bond donors (Lipinski definition) is 1. The fourth-order valence-corrected chi connectivity index (χ4v) is 1.52. The van der Waals surface area contributed by atoms with E-state index in [2.05, 4.69) is 9.97 Å². The van der Waals surface area contributed by atoms with Gasteiger partial charge in [-0.2, -0.15) is 0 Å². The second-order valence-corrected chi connectivity index (χ2v) is 3.92. The molecule has 2 N–H and O–H groups in total. The second-order valence-electron chi connectivity index (χ2n) is 3.92. The number of carbonyl (C=O) groups is 1. The van der Waals surface area contributed by atoms with E-state index in [1.54, 1.807) is 19.3 Å². The van der Waals surface area contributed by atoms with Gasteiger partial charge < -0.3 is 10.5 Å². The van der Waals surface area contributed by atoms with Crippen molar-refractivity contribution in [2.24, 2.45) is 5.73 Å². The minimum Gasteiger partial charge on any atom is -0.367 e. The summed E-state index contributed by atoms with van der Waals surface area (Å²) < 4.78 is 5.68. The summed E-state index contributed by atoms with van der Waals surface area (Å²) in [6, 6.07) is 0. The van der Waals surface area contributed by atoms with E-state index >= 15 is 0 Å². The van der Waals surface area contributed by atoms with Crippen molar-refractivity contribution in [1.29, 1.82) is 0 Å². The Balaban J connectivity index is 2.85. The highest BCUT2D eigenvalue weighted by Crippen LogP contribution is 2.20. The summed E-state index contributed by atoms with van der Waals surface area (Å²) in [6.07, 6.45) is 4.11. The van der Waals surface area contributed by atoms with Crippen molar-refractivity contribution in [2.45, 2.75) is 45.8 Å². The molecule has 0 saturated heterocycles. The Morgan fingerprint density at radius 3 is 2.29 bits per heavy atom. The van der Waals surface area contributed by atoms with Gasteiger partial charge in [0.25, 0.3) is 5.91 Å². The standard InChI is InChI=1S/C12H19N3O2/c1-4-10(5-2)17-11(12(13)16)9-6-14-8(3)15-7-9/h6-7,10-11H,4-5H2,1-3H3,(H2,13,16). The van der Waals surface area contributed by atoms with Crippen LogP contribution in [-0.2, 0) is 9.53 Å². The summed E-state index contributed by atoms with van der Waals surface area (Å²) in [6.45, 7) is 5.81. The molecule has 5 heteroatoms. The molecule has 1 aromatic rings. The first-order chi connectivity index (χ1) is 8.08. The number of hydrogen-bond acceptors (Lipinski definition) is 4. The van der Waals surface area contributed by atoms with E-state index in [1.807, 2.05) is 13.8 Å². The highest BCUT2D eigenvalue weighted by atomic mass is 16.5. The number of amides is 1. The number of aromatic nitrogens is 2. The van der Waals surface area contributed by atoms with E-state index in [4.69, 9.17) is 10.5 Å². The third-order valence-corrected chi connectivity index (χ3v) is 2.60. The molecule has 1 heterocycles. The van der Waals surface area contributed by atoms with Crippen molar-refractivity contribution in [2.75, 3.05) is 0 Å². The van der Waals surface area contributed by atoms with Gasteiger partial charge in [0, 0.05) is 18.0 Å². The molecular formula is C12H19N3O2. The first-order valence-corrected chi connectivity index (χ1v) is 5.81. The van der Waals surface area contributed by atoms with Crippen molar-refractivity contribution in [3.63, 3.8) is 0 Å². The molecule has 1 unspecified atom stereocenters. The van der Waals surface area contributed by atoms with Crippen LogP contribution in [0.3, 0.4) is 0 Å². The van der Waals surface area contributed by atoms with Gasteiger partial charge in [0.15, 0.2) is 6.10 Å². The number of aryl methyl sites for hydroxylation is 1. The Bertz CT molecular complexity index is 361. The molecule has 0 saturated carbocycles. The molecule has 0 aliphatic carbocycles. The summed E-state index contributed by atoms with van der Waals surface area (Å²) in [5.74, 6) is 0.142. The Hall–Kier alpha value is -1.49. The topological polar surface area (TPSA) is 78.1 Å². The van der Waals surface area contributed by atoms with Gasteiger partial charge in [0.1, 0.15) is 5.82 Å². The van der Waals surface area contributed by atoms with Crippen LogP contribution in [0.15, 0.2) is 12.4 Å². The first-order valence-electron chi connectivity index (χ1n) is 5.81. The van der Waals surface area contributed by atoms with Crippen molar-refractivity contribution in [1.82, 2.24) is 9.97 Å². The largest absolute Gasteiger partial charge is 0.367 e. The number of ether oxygens (including phenoxy) is 1. The van der Waals surface area contributed by atoms with Gasteiger partial charge in [-0.1, -0.05) is 13.8 Å². The van der Waals surface area contributed by atoms with E-state index < -0.39 is 12.0 Å². The highest BCUT2D eigenvalue weighted by Gasteiger charge is 2.22. The molecule has 1 rings (SSSR count). The molecule has 0 bridgehead atoms. The fourth-order valence-electron chi connectivity index (χ4n) is 1.52. The molecule has 1 atom stereocenters. The monoisotopic (exact) mass is 237 g/mol. The Kier molecular flexibility index (Phi) is 5.03. The summed E-state index contributed by atoms with van der Waals surface area (Å²) in [7, 11) is 0. The summed E-state index contributed by atoms with van der Waals surface area (Å²) >= 11 is 0. The normalized spacial score (nSPS) is 12.7. The molecule has 1 aromatic heterocycles. The molecule has 94 valence electrons. The Morgan fingerprint density at radius 1 is 1.35 bits per heavy atom. The number of nitrogens with zero attached hydrogens (tertiary/aromatic N) is 2. The highest BCUT2D eigenvalue weighted by molar-refractivity contribution is 5.80. The van der Waals surface area contributed by atoms with E-state index in [0.29, 0.717) is 11.4 Å². The average Bonchev–Trinajstić information content (AvgIpc) is 2.32. The van der Waals surface area contributed by atoms with Crippen LogP contribution < -0.4 is 5.73 Å². The smallest absolute Gasteiger partial charge is 0.251 e. The molecular weight excluding hydrogens is 218 g/mol. The van der Waals surface area contributed by atoms with E-state index in [0.717, 1.165) is 12.8 Å². The lowest BCUT2D eigenvalue weighted by molar-refractivity contribution is -0.134. The van der Waals surface area contributed by atoms with Gasteiger partial charge in [-0.25, -0.2) is 9.97 Å². The third kappa shape index (κ3) is 3.78. The lowest BCUT2D eigenvalue weighted by atomic mass is 10.1. The SMILES string of the molecule is CCC(CC)OC(C(N)=O)c1cnc(C)nc1. The predicted molar refractivity (Wildman–Crippen MR) is 64.2 cm³/mol.